The number of hydrogen-bond donors (Lipinski definition) is 2. The largest absolute Gasteiger partial charge is 0.393 e. The van der Waals surface area contributed by atoms with E-state index in [0.717, 1.165) is 97.7 Å². The van der Waals surface area contributed by atoms with Crippen LogP contribution in [0.2, 0.25) is 0 Å². The predicted octanol–water partition coefficient (Wildman–Crippen LogP) is 17.0. The van der Waals surface area contributed by atoms with E-state index in [1.54, 1.807) is 11.1 Å². The summed E-state index contributed by atoms with van der Waals surface area (Å²) in [4.78, 5) is 0. The zero-order chi connectivity index (χ0) is 44.6. The van der Waals surface area contributed by atoms with Gasteiger partial charge in [0.2, 0.25) is 0 Å². The fourth-order valence-electron chi connectivity index (χ4n) is 15.4. The molecule has 0 aromatic heterocycles. The first-order valence-electron chi connectivity index (χ1n) is 27.1. The Labute approximate surface area is 384 Å². The lowest BCUT2D eigenvalue weighted by molar-refractivity contribution is 0.0618. The first-order valence-corrected chi connectivity index (χ1v) is 27.1. The van der Waals surface area contributed by atoms with Gasteiger partial charge in [0.1, 0.15) is 0 Å². The van der Waals surface area contributed by atoms with E-state index in [0.29, 0.717) is 10.8 Å². The van der Waals surface area contributed by atoms with E-state index >= 15 is 0 Å². The molecule has 0 aromatic rings. The molecule has 6 rings (SSSR count). The number of aliphatic hydroxyl groups excluding tert-OH is 2. The van der Waals surface area contributed by atoms with Crippen molar-refractivity contribution in [3.63, 3.8) is 0 Å². The van der Waals surface area contributed by atoms with E-state index in [1.165, 1.54) is 151 Å². The van der Waals surface area contributed by atoms with E-state index < -0.39 is 0 Å². The van der Waals surface area contributed by atoms with Crippen LogP contribution in [0, 0.1) is 70.0 Å². The van der Waals surface area contributed by atoms with Gasteiger partial charge >= 0.3 is 0 Å². The Bertz CT molecular complexity index is 1480. The third kappa shape index (κ3) is 12.6. The summed E-state index contributed by atoms with van der Waals surface area (Å²) in [6, 6.07) is 0. The molecule has 0 saturated heterocycles. The van der Waals surface area contributed by atoms with Gasteiger partial charge in [0.15, 0.2) is 0 Å². The summed E-state index contributed by atoms with van der Waals surface area (Å²) in [7, 11) is 0. The van der Waals surface area contributed by atoms with Crippen molar-refractivity contribution in [2.75, 3.05) is 0 Å². The van der Waals surface area contributed by atoms with Crippen LogP contribution in [0.3, 0.4) is 0 Å². The average molecular weight is 851 g/mol. The lowest BCUT2D eigenvalue weighted by atomic mass is 9.57. The van der Waals surface area contributed by atoms with Crippen molar-refractivity contribution >= 4 is 0 Å². The van der Waals surface area contributed by atoms with Crippen LogP contribution in [0.4, 0.5) is 0 Å². The Balaban J connectivity index is 1.08. The molecule has 0 amide bonds. The van der Waals surface area contributed by atoms with Crippen LogP contribution in [-0.4, -0.2) is 22.4 Å². The number of rotatable bonds is 19. The standard InChI is InChI=1S/C60H98O2/c1-41(2)17-15-19-45(7)55-31-33-57-51(27-25-49-37-53(61)29-23-43(49)5)35-47(39-59(55,57)9)21-13-11-12-14-22-48-36-52(28-26-50-38-54(62)30-24-44(50)6)58-34-32-56(60(58,10)40-48)46(8)20-16-18-42(3)4/h25-28,41-42,45-48,53-58,61-62H,5-6,11-24,29-40H2,1-4,7-10H3/b49-25-,50-26-,51-27+,52-28+/t45-,46-,47+,48+,53+,54+,55-,56-,57+,58+,59-,60-/m1/s1. The van der Waals surface area contributed by atoms with Crippen LogP contribution in [0.25, 0.3) is 0 Å². The molecule has 6 aliphatic carbocycles. The van der Waals surface area contributed by atoms with E-state index in [4.69, 9.17) is 0 Å². The molecule has 0 spiro atoms. The Hall–Kier alpha value is -1.64. The van der Waals surface area contributed by atoms with Gasteiger partial charge in [-0.2, -0.15) is 0 Å². The Morgan fingerprint density at radius 2 is 0.919 bits per heavy atom. The molecule has 6 aliphatic rings. The van der Waals surface area contributed by atoms with Crippen molar-refractivity contribution in [1.82, 2.24) is 0 Å². The van der Waals surface area contributed by atoms with Crippen molar-refractivity contribution in [2.45, 2.75) is 235 Å². The Morgan fingerprint density at radius 1 is 0.516 bits per heavy atom. The number of aliphatic hydroxyl groups is 2. The second kappa shape index (κ2) is 22.7. The van der Waals surface area contributed by atoms with Gasteiger partial charge in [0.25, 0.3) is 0 Å². The molecule has 12 atom stereocenters. The van der Waals surface area contributed by atoms with Crippen LogP contribution in [0.5, 0.6) is 0 Å². The maximum Gasteiger partial charge on any atom is 0.0583 e. The summed E-state index contributed by atoms with van der Waals surface area (Å²) in [5, 5.41) is 21.0. The zero-order valence-corrected chi connectivity index (χ0v) is 41.9. The van der Waals surface area contributed by atoms with Crippen molar-refractivity contribution < 1.29 is 10.2 Å². The van der Waals surface area contributed by atoms with Gasteiger partial charge in [0, 0.05) is 0 Å². The fraction of sp³-hybridized carbons (Fsp3) is 0.800. The van der Waals surface area contributed by atoms with Crippen molar-refractivity contribution in [2.24, 2.45) is 70.0 Å². The number of hydrogen-bond acceptors (Lipinski definition) is 2. The molecule has 0 heterocycles. The molecular weight excluding hydrogens is 753 g/mol. The molecule has 0 aromatic carbocycles. The monoisotopic (exact) mass is 851 g/mol. The molecule has 2 nitrogen and oxygen atoms in total. The van der Waals surface area contributed by atoms with Crippen molar-refractivity contribution in [3.8, 4) is 0 Å². The van der Waals surface area contributed by atoms with Crippen molar-refractivity contribution in [1.29, 1.82) is 0 Å². The molecule has 0 radical (unpaired) electrons. The Kier molecular flexibility index (Phi) is 18.2. The second-order valence-corrected chi connectivity index (χ2v) is 24.5. The molecule has 62 heavy (non-hydrogen) atoms. The summed E-state index contributed by atoms with van der Waals surface area (Å²) in [6.07, 6.45) is 42.2. The number of unbranched alkanes of at least 4 members (excludes halogenated alkanes) is 3. The van der Waals surface area contributed by atoms with E-state index in [-0.39, 0.29) is 12.2 Å². The Morgan fingerprint density at radius 3 is 1.31 bits per heavy atom. The highest BCUT2D eigenvalue weighted by atomic mass is 16.3. The van der Waals surface area contributed by atoms with Gasteiger partial charge in [-0.3, -0.25) is 0 Å². The van der Waals surface area contributed by atoms with Crippen LogP contribution in [0.1, 0.15) is 222 Å². The van der Waals surface area contributed by atoms with Crippen molar-refractivity contribution in [3.05, 3.63) is 70.9 Å². The minimum Gasteiger partial charge on any atom is -0.393 e. The summed E-state index contributed by atoms with van der Waals surface area (Å²) in [5.74, 6) is 7.95. The molecule has 0 bridgehead atoms. The van der Waals surface area contributed by atoms with E-state index in [2.05, 4.69) is 92.9 Å². The zero-order valence-electron chi connectivity index (χ0n) is 41.9. The summed E-state index contributed by atoms with van der Waals surface area (Å²) < 4.78 is 0. The fourth-order valence-corrected chi connectivity index (χ4v) is 15.4. The first kappa shape index (κ1) is 49.8. The van der Waals surface area contributed by atoms with Gasteiger partial charge < -0.3 is 10.2 Å². The molecular formula is C60H98O2. The molecule has 6 fully saturated rings. The topological polar surface area (TPSA) is 40.5 Å². The minimum absolute atomic E-state index is 0.206. The highest BCUT2D eigenvalue weighted by molar-refractivity contribution is 5.38. The lowest BCUT2D eigenvalue weighted by Crippen LogP contribution is -2.39. The molecule has 0 aliphatic heterocycles. The van der Waals surface area contributed by atoms with E-state index in [9.17, 15) is 10.2 Å². The number of allylic oxidation sites excluding steroid dienone is 8. The van der Waals surface area contributed by atoms with Gasteiger partial charge in [-0.05, 0) is 171 Å². The predicted molar refractivity (Wildman–Crippen MR) is 268 cm³/mol. The van der Waals surface area contributed by atoms with Gasteiger partial charge in [-0.25, -0.2) is 0 Å². The van der Waals surface area contributed by atoms with Crippen LogP contribution < -0.4 is 0 Å². The first-order chi connectivity index (χ1) is 29.6. The highest BCUT2D eigenvalue weighted by Gasteiger charge is 2.54. The normalized spacial score (nSPS) is 37.9. The molecule has 0 unspecified atom stereocenters. The summed E-state index contributed by atoms with van der Waals surface area (Å²) >= 11 is 0. The van der Waals surface area contributed by atoms with Gasteiger partial charge in [-0.15, -0.1) is 0 Å². The highest BCUT2D eigenvalue weighted by Crippen LogP contribution is 2.63. The quantitative estimate of drug-likeness (QED) is 0.127. The second-order valence-electron chi connectivity index (χ2n) is 24.5. The van der Waals surface area contributed by atoms with Gasteiger partial charge in [-0.1, -0.05) is 192 Å². The summed E-state index contributed by atoms with van der Waals surface area (Å²) in [5.41, 5.74) is 9.38. The molecule has 2 heteroatoms. The van der Waals surface area contributed by atoms with E-state index in [1.807, 2.05) is 0 Å². The molecule has 350 valence electrons. The lowest BCUT2D eigenvalue weighted by Gasteiger charge is -2.48. The maximum absolute atomic E-state index is 10.5. The SMILES string of the molecule is C=C1CC[C@H](O)C/C1=C/C=C1\C[C@H](CCCCCC[C@H]2C/C(=C\C=C3\C[C@@H](O)CCC3=C)[C@@H]3CC[C@H]([C@H](C)CCCC(C)C)[C@@]3(C)C2)C[C@]2(C)[C@@H]([C@H](C)CCCC(C)C)CC[C@@H]12. The minimum atomic E-state index is -0.206. The van der Waals surface area contributed by atoms with Crippen LogP contribution in [0.15, 0.2) is 70.9 Å². The smallest absolute Gasteiger partial charge is 0.0583 e. The van der Waals surface area contributed by atoms with Gasteiger partial charge in [0.05, 0.1) is 12.2 Å². The average Bonchev–Trinajstić information content (AvgIpc) is 3.75. The van der Waals surface area contributed by atoms with Crippen LogP contribution >= 0.6 is 0 Å². The molecule has 2 N–H and O–H groups in total. The third-order valence-corrected chi connectivity index (χ3v) is 18.8. The molecule has 6 saturated carbocycles. The van der Waals surface area contributed by atoms with Crippen LogP contribution in [-0.2, 0) is 0 Å². The number of fused-ring (bicyclic) bond motifs is 2. The maximum atomic E-state index is 10.5. The summed E-state index contributed by atoms with van der Waals surface area (Å²) in [6.45, 7) is 29.0. The third-order valence-electron chi connectivity index (χ3n) is 18.8.